The fourth-order valence-corrected chi connectivity index (χ4v) is 3.71. The smallest absolute Gasteiger partial charge is 0.254 e. The van der Waals surface area contributed by atoms with Crippen molar-refractivity contribution in [3.63, 3.8) is 0 Å². The zero-order valence-electron chi connectivity index (χ0n) is 16.1. The second-order valence-corrected chi connectivity index (χ2v) is 7.47. The summed E-state index contributed by atoms with van der Waals surface area (Å²) in [5.74, 6) is -3.64. The van der Waals surface area contributed by atoms with Crippen LogP contribution >= 0.6 is 0 Å². The normalized spacial score (nSPS) is 22.8. The molecule has 1 saturated heterocycles. The number of hydrogen-bond acceptors (Lipinski definition) is 5. The Morgan fingerprint density at radius 3 is 2.64 bits per heavy atom. The average Bonchev–Trinajstić information content (AvgIpc) is 3.09. The molecule has 9 heteroatoms. The number of carbonyl (C=O) groups is 1. The van der Waals surface area contributed by atoms with Gasteiger partial charge in [0.25, 0.3) is 5.88 Å². The van der Waals surface area contributed by atoms with Crippen LogP contribution in [0.2, 0.25) is 0 Å². The Hall–Kier alpha value is -2.03. The first-order valence-corrected chi connectivity index (χ1v) is 9.55. The number of likely N-dealkylation sites (N-methyl/N-ethyl adjacent to an activating group) is 1. The van der Waals surface area contributed by atoms with Crippen molar-refractivity contribution < 1.29 is 27.4 Å². The Morgan fingerprint density at radius 1 is 1.32 bits per heavy atom. The SMILES string of the molecule is COc1nc(OC2CCC(F)(F)CC2)c(F)cc1CNC(=O)[C@@H]1CCCN1C. The number of amides is 1. The van der Waals surface area contributed by atoms with E-state index in [0.29, 0.717) is 5.56 Å². The molecule has 1 saturated carbocycles. The highest BCUT2D eigenvalue weighted by Crippen LogP contribution is 2.35. The average molecular weight is 401 g/mol. The second kappa shape index (κ2) is 8.55. The third kappa shape index (κ3) is 4.87. The molecule has 2 aliphatic rings. The van der Waals surface area contributed by atoms with E-state index in [2.05, 4.69) is 10.3 Å². The molecule has 0 radical (unpaired) electrons. The lowest BCUT2D eigenvalue weighted by Gasteiger charge is -2.28. The van der Waals surface area contributed by atoms with E-state index in [1.807, 2.05) is 11.9 Å². The summed E-state index contributed by atoms with van der Waals surface area (Å²) in [5.41, 5.74) is 0.386. The molecule has 1 N–H and O–H groups in total. The van der Waals surface area contributed by atoms with E-state index in [1.54, 1.807) is 0 Å². The van der Waals surface area contributed by atoms with E-state index in [4.69, 9.17) is 9.47 Å². The van der Waals surface area contributed by atoms with Gasteiger partial charge in [-0.2, -0.15) is 4.98 Å². The number of pyridine rings is 1. The Kier molecular flexibility index (Phi) is 6.32. The van der Waals surface area contributed by atoms with Gasteiger partial charge in [0.15, 0.2) is 5.82 Å². The van der Waals surface area contributed by atoms with E-state index >= 15 is 0 Å². The van der Waals surface area contributed by atoms with Gasteiger partial charge in [-0.05, 0) is 45.3 Å². The Labute approximate surface area is 162 Å². The van der Waals surface area contributed by atoms with Crippen molar-refractivity contribution in [2.75, 3.05) is 20.7 Å². The summed E-state index contributed by atoms with van der Waals surface area (Å²) >= 11 is 0. The second-order valence-electron chi connectivity index (χ2n) is 7.47. The molecule has 0 unspecified atom stereocenters. The van der Waals surface area contributed by atoms with Gasteiger partial charge in [-0.25, -0.2) is 13.2 Å². The Balaban J connectivity index is 1.63. The summed E-state index contributed by atoms with van der Waals surface area (Å²) in [6.07, 6.45) is 0.972. The van der Waals surface area contributed by atoms with Crippen LogP contribution in [0.5, 0.6) is 11.8 Å². The minimum absolute atomic E-state index is 0.0756. The summed E-state index contributed by atoms with van der Waals surface area (Å²) in [6, 6.07) is 1.02. The maximum Gasteiger partial charge on any atom is 0.254 e. The number of methoxy groups -OCH3 is 1. The third-order valence-electron chi connectivity index (χ3n) is 5.40. The number of hydrogen-bond donors (Lipinski definition) is 1. The molecule has 1 atom stereocenters. The lowest BCUT2D eigenvalue weighted by molar-refractivity contribution is -0.125. The van der Waals surface area contributed by atoms with Gasteiger partial charge in [0.1, 0.15) is 6.10 Å². The molecule has 0 bridgehead atoms. The van der Waals surface area contributed by atoms with Crippen molar-refractivity contribution in [1.82, 2.24) is 15.2 Å². The first-order chi connectivity index (χ1) is 13.3. The monoisotopic (exact) mass is 401 g/mol. The van der Waals surface area contributed by atoms with Crippen LogP contribution < -0.4 is 14.8 Å². The number of halogens is 3. The molecule has 2 heterocycles. The third-order valence-corrected chi connectivity index (χ3v) is 5.40. The summed E-state index contributed by atoms with van der Waals surface area (Å²) in [4.78, 5) is 18.3. The largest absolute Gasteiger partial charge is 0.481 e. The number of rotatable bonds is 6. The van der Waals surface area contributed by atoms with Crippen molar-refractivity contribution in [2.24, 2.45) is 0 Å². The molecule has 1 aliphatic carbocycles. The molecule has 1 aromatic rings. The zero-order valence-corrected chi connectivity index (χ0v) is 16.1. The van der Waals surface area contributed by atoms with Crippen molar-refractivity contribution in [3.05, 3.63) is 17.4 Å². The van der Waals surface area contributed by atoms with Crippen LogP contribution in [0.1, 0.15) is 44.1 Å². The summed E-state index contributed by atoms with van der Waals surface area (Å²) < 4.78 is 51.7. The Morgan fingerprint density at radius 2 is 2.04 bits per heavy atom. The molecular formula is C19H26F3N3O3. The number of aromatic nitrogens is 1. The predicted molar refractivity (Wildman–Crippen MR) is 96.1 cm³/mol. The van der Waals surface area contributed by atoms with Gasteiger partial charge in [0.2, 0.25) is 17.7 Å². The van der Waals surface area contributed by atoms with Crippen LogP contribution in [0, 0.1) is 5.82 Å². The van der Waals surface area contributed by atoms with Gasteiger partial charge in [0, 0.05) is 24.9 Å². The minimum atomic E-state index is -2.68. The lowest BCUT2D eigenvalue weighted by atomic mass is 9.94. The topological polar surface area (TPSA) is 63.7 Å². The van der Waals surface area contributed by atoms with Crippen molar-refractivity contribution in [2.45, 2.75) is 63.1 Å². The minimum Gasteiger partial charge on any atom is -0.481 e. The van der Waals surface area contributed by atoms with E-state index in [9.17, 15) is 18.0 Å². The first kappa shape index (κ1) is 20.7. The molecule has 0 aromatic carbocycles. The van der Waals surface area contributed by atoms with Gasteiger partial charge < -0.3 is 14.8 Å². The van der Waals surface area contributed by atoms with Crippen molar-refractivity contribution in [3.8, 4) is 11.8 Å². The lowest BCUT2D eigenvalue weighted by Crippen LogP contribution is -2.41. The maximum atomic E-state index is 14.4. The maximum absolute atomic E-state index is 14.4. The molecule has 1 amide bonds. The van der Waals surface area contributed by atoms with E-state index in [-0.39, 0.29) is 55.9 Å². The van der Waals surface area contributed by atoms with Gasteiger partial charge in [0.05, 0.1) is 13.2 Å². The molecule has 6 nitrogen and oxygen atoms in total. The highest BCUT2D eigenvalue weighted by atomic mass is 19.3. The fourth-order valence-electron chi connectivity index (χ4n) is 3.71. The van der Waals surface area contributed by atoms with Crippen LogP contribution in [0.3, 0.4) is 0 Å². The first-order valence-electron chi connectivity index (χ1n) is 9.55. The molecule has 28 heavy (non-hydrogen) atoms. The quantitative estimate of drug-likeness (QED) is 0.794. The van der Waals surface area contributed by atoms with Crippen molar-refractivity contribution in [1.29, 1.82) is 0 Å². The van der Waals surface area contributed by atoms with Crippen LogP contribution in [-0.2, 0) is 11.3 Å². The van der Waals surface area contributed by atoms with Gasteiger partial charge in [-0.15, -0.1) is 0 Å². The molecule has 156 valence electrons. The van der Waals surface area contributed by atoms with E-state index in [0.717, 1.165) is 19.4 Å². The van der Waals surface area contributed by atoms with Gasteiger partial charge in [-0.1, -0.05) is 0 Å². The van der Waals surface area contributed by atoms with Crippen molar-refractivity contribution >= 4 is 5.91 Å². The highest BCUT2D eigenvalue weighted by molar-refractivity contribution is 5.82. The number of nitrogens with one attached hydrogen (secondary N) is 1. The zero-order chi connectivity index (χ0) is 20.3. The summed E-state index contributed by atoms with van der Waals surface area (Å²) in [7, 11) is 3.29. The Bertz CT molecular complexity index is 707. The van der Waals surface area contributed by atoms with E-state index in [1.165, 1.54) is 13.2 Å². The highest BCUT2D eigenvalue weighted by Gasteiger charge is 2.36. The van der Waals surface area contributed by atoms with Crippen LogP contribution in [0.4, 0.5) is 13.2 Å². The fraction of sp³-hybridized carbons (Fsp3) is 0.684. The van der Waals surface area contributed by atoms with E-state index < -0.39 is 17.8 Å². The molecular weight excluding hydrogens is 375 g/mol. The number of alkyl halides is 2. The standard InChI is InChI=1S/C19H26F3N3O3/c1-25-9-3-4-15(25)16(26)23-11-12-10-14(20)18(24-17(12)27-2)28-13-5-7-19(21,22)8-6-13/h10,13,15H,3-9,11H2,1-2H3,(H,23,26)/t15-/m0/s1. The molecule has 1 aromatic heterocycles. The molecule has 3 rings (SSSR count). The number of carbonyl (C=O) groups excluding carboxylic acids is 1. The number of likely N-dealkylation sites (tertiary alicyclic amines) is 1. The number of ether oxygens (including phenoxy) is 2. The van der Waals surface area contributed by atoms with Crippen LogP contribution in [-0.4, -0.2) is 54.6 Å². The molecule has 1 aliphatic heterocycles. The molecule has 2 fully saturated rings. The van der Waals surface area contributed by atoms with Crippen LogP contribution in [0.15, 0.2) is 6.07 Å². The van der Waals surface area contributed by atoms with Crippen LogP contribution in [0.25, 0.3) is 0 Å². The van der Waals surface area contributed by atoms with Gasteiger partial charge >= 0.3 is 0 Å². The number of nitrogens with zero attached hydrogens (tertiary/aromatic N) is 2. The summed E-state index contributed by atoms with van der Waals surface area (Å²) in [6.45, 7) is 0.947. The molecule has 0 spiro atoms. The summed E-state index contributed by atoms with van der Waals surface area (Å²) in [5, 5.41) is 2.79. The van der Waals surface area contributed by atoms with Gasteiger partial charge in [-0.3, -0.25) is 9.69 Å². The predicted octanol–water partition coefficient (Wildman–Crippen LogP) is 2.90.